The van der Waals surface area contributed by atoms with E-state index in [4.69, 9.17) is 32.7 Å². The van der Waals surface area contributed by atoms with Gasteiger partial charge in [0.2, 0.25) is 0 Å². The van der Waals surface area contributed by atoms with Crippen molar-refractivity contribution in [3.8, 4) is 0 Å². The highest BCUT2D eigenvalue weighted by molar-refractivity contribution is 9.10. The van der Waals surface area contributed by atoms with Crippen molar-refractivity contribution in [3.05, 3.63) is 26.9 Å². The van der Waals surface area contributed by atoms with Crippen molar-refractivity contribution in [2.75, 3.05) is 6.61 Å². The Morgan fingerprint density at radius 1 is 1.50 bits per heavy atom. The second-order valence-corrected chi connectivity index (χ2v) is 6.83. The summed E-state index contributed by atoms with van der Waals surface area (Å²) in [4.78, 5) is 15.1. The molecule has 10 heteroatoms. The molecule has 0 bridgehead atoms. The molecule has 1 fully saturated rings. The van der Waals surface area contributed by atoms with Gasteiger partial charge in [0, 0.05) is 6.92 Å². The number of aliphatic hydroxyl groups is 1. The number of halogens is 4. The van der Waals surface area contributed by atoms with Gasteiger partial charge in [-0.2, -0.15) is 0 Å². The van der Waals surface area contributed by atoms with E-state index in [1.807, 2.05) is 0 Å². The first kappa shape index (κ1) is 17.9. The molecule has 24 heavy (non-hydrogen) atoms. The predicted octanol–water partition coefficient (Wildman–Crippen LogP) is 3.27. The molecular weight excluding hydrogens is 430 g/mol. The Morgan fingerprint density at radius 3 is 2.83 bits per heavy atom. The molecule has 0 saturated carbocycles. The molecule has 0 spiro atoms. The summed E-state index contributed by atoms with van der Waals surface area (Å²) in [5.41, 5.74) is 0.981. The third kappa shape index (κ3) is 3.13. The Morgan fingerprint density at radius 2 is 2.17 bits per heavy atom. The molecule has 2 aromatic rings. The van der Waals surface area contributed by atoms with Gasteiger partial charge in [0.25, 0.3) is 0 Å². The first-order chi connectivity index (χ1) is 11.3. The summed E-state index contributed by atoms with van der Waals surface area (Å²) in [6.07, 6.45) is -5.33. The van der Waals surface area contributed by atoms with Gasteiger partial charge in [-0.1, -0.05) is 23.2 Å². The smallest absolute Gasteiger partial charge is 0.302 e. The van der Waals surface area contributed by atoms with Gasteiger partial charge < -0.3 is 14.6 Å². The van der Waals surface area contributed by atoms with E-state index >= 15 is 0 Å². The normalized spacial score (nSPS) is 26.9. The number of aromatic nitrogens is 2. The van der Waals surface area contributed by atoms with Gasteiger partial charge in [-0.05, 0) is 28.1 Å². The molecule has 1 N–H and O–H groups in total. The van der Waals surface area contributed by atoms with E-state index in [0.717, 1.165) is 0 Å². The van der Waals surface area contributed by atoms with Crippen LogP contribution in [0.3, 0.4) is 0 Å². The number of hydrogen-bond acceptors (Lipinski definition) is 5. The zero-order chi connectivity index (χ0) is 17.6. The highest BCUT2D eigenvalue weighted by atomic mass is 79.9. The number of esters is 1. The average molecular weight is 442 g/mol. The SMILES string of the molecule is CC(=O)OC[C@H]1O[C@@H](n2c(Br)nc3cc(Cl)c(Cl)cc32)[C@H](F)[C@@H]1O. The zero-order valence-corrected chi connectivity index (χ0v) is 15.3. The van der Waals surface area contributed by atoms with E-state index in [-0.39, 0.29) is 11.6 Å². The number of carbonyl (C=O) groups excluding carboxylic acids is 1. The fourth-order valence-electron chi connectivity index (χ4n) is 2.55. The second kappa shape index (κ2) is 6.76. The molecule has 0 radical (unpaired) electrons. The topological polar surface area (TPSA) is 73.6 Å². The quantitative estimate of drug-likeness (QED) is 0.740. The van der Waals surface area contributed by atoms with Gasteiger partial charge in [0.05, 0.1) is 21.1 Å². The maximum absolute atomic E-state index is 14.6. The van der Waals surface area contributed by atoms with Crippen LogP contribution in [0, 0.1) is 0 Å². The fourth-order valence-corrected chi connectivity index (χ4v) is 3.45. The molecule has 0 amide bonds. The van der Waals surface area contributed by atoms with Crippen LogP contribution < -0.4 is 0 Å². The van der Waals surface area contributed by atoms with Gasteiger partial charge >= 0.3 is 5.97 Å². The largest absolute Gasteiger partial charge is 0.463 e. The van der Waals surface area contributed by atoms with Crippen molar-refractivity contribution in [2.24, 2.45) is 0 Å². The minimum Gasteiger partial charge on any atom is -0.463 e. The average Bonchev–Trinajstić information content (AvgIpc) is 2.95. The maximum Gasteiger partial charge on any atom is 0.302 e. The molecule has 4 atom stereocenters. The van der Waals surface area contributed by atoms with Gasteiger partial charge in [0.1, 0.15) is 18.8 Å². The van der Waals surface area contributed by atoms with Crippen LogP contribution in [0.4, 0.5) is 4.39 Å². The monoisotopic (exact) mass is 440 g/mol. The molecule has 1 aromatic carbocycles. The number of alkyl halides is 1. The third-order valence-corrected chi connectivity index (χ3v) is 4.97. The van der Waals surface area contributed by atoms with Crippen LogP contribution in [0.5, 0.6) is 0 Å². The fraction of sp³-hybridized carbons (Fsp3) is 0.429. The van der Waals surface area contributed by atoms with E-state index in [9.17, 15) is 14.3 Å². The predicted molar refractivity (Wildman–Crippen MR) is 88.9 cm³/mol. The Balaban J connectivity index is 1.96. The summed E-state index contributed by atoms with van der Waals surface area (Å²) < 4.78 is 26.6. The lowest BCUT2D eigenvalue weighted by atomic mass is 10.1. The summed E-state index contributed by atoms with van der Waals surface area (Å²) in [5, 5.41) is 10.6. The maximum atomic E-state index is 14.6. The number of ether oxygens (including phenoxy) is 2. The van der Waals surface area contributed by atoms with Crippen LogP contribution in [-0.4, -0.2) is 45.6 Å². The van der Waals surface area contributed by atoms with Crippen molar-refractivity contribution < 1.29 is 23.8 Å². The van der Waals surface area contributed by atoms with Crippen LogP contribution in [-0.2, 0) is 14.3 Å². The minimum absolute atomic E-state index is 0.246. The van der Waals surface area contributed by atoms with Crippen LogP contribution in [0.1, 0.15) is 13.2 Å². The van der Waals surface area contributed by atoms with E-state index in [1.165, 1.54) is 11.5 Å². The minimum atomic E-state index is -1.74. The van der Waals surface area contributed by atoms with Crippen molar-refractivity contribution in [2.45, 2.75) is 31.5 Å². The summed E-state index contributed by atoms with van der Waals surface area (Å²) in [5.74, 6) is -0.541. The number of aliphatic hydroxyl groups excluding tert-OH is 1. The molecular formula is C14H12BrCl2FN2O4. The summed E-state index contributed by atoms with van der Waals surface area (Å²) in [6, 6.07) is 3.09. The van der Waals surface area contributed by atoms with E-state index in [2.05, 4.69) is 20.9 Å². The zero-order valence-electron chi connectivity index (χ0n) is 12.2. The number of benzene rings is 1. The van der Waals surface area contributed by atoms with Crippen LogP contribution in [0.25, 0.3) is 11.0 Å². The number of rotatable bonds is 3. The summed E-state index contributed by atoms with van der Waals surface area (Å²) in [7, 11) is 0. The Kier molecular flexibility index (Phi) is 5.04. The lowest BCUT2D eigenvalue weighted by Gasteiger charge is -2.17. The van der Waals surface area contributed by atoms with E-state index in [1.54, 1.807) is 12.1 Å². The van der Waals surface area contributed by atoms with Crippen molar-refractivity contribution in [1.82, 2.24) is 9.55 Å². The Bertz CT molecular complexity index is 803. The second-order valence-electron chi connectivity index (χ2n) is 5.31. The number of carbonyl (C=O) groups is 1. The first-order valence-electron chi connectivity index (χ1n) is 6.93. The number of nitrogens with zero attached hydrogens (tertiary/aromatic N) is 2. The van der Waals surface area contributed by atoms with Crippen molar-refractivity contribution in [3.63, 3.8) is 0 Å². The molecule has 0 aliphatic carbocycles. The van der Waals surface area contributed by atoms with E-state index < -0.39 is 30.6 Å². The van der Waals surface area contributed by atoms with Gasteiger partial charge in [0.15, 0.2) is 17.1 Å². The lowest BCUT2D eigenvalue weighted by molar-refractivity contribution is -0.147. The number of fused-ring (bicyclic) bond motifs is 1. The molecule has 1 aliphatic rings. The molecule has 1 aliphatic heterocycles. The van der Waals surface area contributed by atoms with Crippen molar-refractivity contribution >= 4 is 56.1 Å². The first-order valence-corrected chi connectivity index (χ1v) is 8.48. The van der Waals surface area contributed by atoms with Gasteiger partial charge in [-0.3, -0.25) is 9.36 Å². The van der Waals surface area contributed by atoms with Gasteiger partial charge in [-0.25, -0.2) is 9.37 Å². The Labute approximate surface area is 154 Å². The molecule has 1 aromatic heterocycles. The lowest BCUT2D eigenvalue weighted by Crippen LogP contribution is -2.32. The van der Waals surface area contributed by atoms with Crippen LogP contribution >= 0.6 is 39.1 Å². The highest BCUT2D eigenvalue weighted by Gasteiger charge is 2.46. The van der Waals surface area contributed by atoms with Crippen molar-refractivity contribution in [1.29, 1.82) is 0 Å². The molecule has 130 valence electrons. The van der Waals surface area contributed by atoms with E-state index in [0.29, 0.717) is 20.8 Å². The van der Waals surface area contributed by atoms with Crippen LogP contribution in [0.2, 0.25) is 10.0 Å². The Hall–Kier alpha value is -0.930. The van der Waals surface area contributed by atoms with Crippen LogP contribution in [0.15, 0.2) is 16.9 Å². The molecule has 1 saturated heterocycles. The molecule has 3 rings (SSSR count). The third-order valence-electron chi connectivity index (χ3n) is 3.69. The summed E-state index contributed by atoms with van der Waals surface area (Å²) in [6.45, 7) is 0.974. The standard InChI is InChI=1S/C14H12BrCl2FN2O4/c1-5(21)23-4-10-12(22)11(18)13(24-10)20-9-3-7(17)6(16)2-8(9)19-14(20)15/h2-3,10-13,22H,4H2,1H3/t10-,11-,12-,13-/m1/s1. The molecule has 6 nitrogen and oxygen atoms in total. The number of hydrogen-bond donors (Lipinski definition) is 1. The molecule has 2 heterocycles. The molecule has 0 unspecified atom stereocenters. The number of imidazole rings is 1. The highest BCUT2D eigenvalue weighted by Crippen LogP contribution is 2.38. The van der Waals surface area contributed by atoms with Gasteiger partial charge in [-0.15, -0.1) is 0 Å². The summed E-state index contributed by atoms with van der Waals surface area (Å²) >= 11 is 15.2.